The van der Waals surface area contributed by atoms with Gasteiger partial charge >= 0.3 is 0 Å². The molecule has 0 aromatic carbocycles. The van der Waals surface area contributed by atoms with Gasteiger partial charge in [-0.1, -0.05) is 6.92 Å². The lowest BCUT2D eigenvalue weighted by Crippen LogP contribution is -2.37. The lowest BCUT2D eigenvalue weighted by molar-refractivity contribution is 0.122. The Bertz CT molecular complexity index is 412. The van der Waals surface area contributed by atoms with Crippen molar-refractivity contribution in [3.8, 4) is 0 Å². The number of morpholine rings is 1. The van der Waals surface area contributed by atoms with Crippen molar-refractivity contribution >= 4 is 11.6 Å². The van der Waals surface area contributed by atoms with E-state index in [9.17, 15) is 0 Å². The number of anilines is 2. The second-order valence-corrected chi connectivity index (χ2v) is 5.50. The minimum atomic E-state index is 0.792. The molecule has 1 aromatic rings. The van der Waals surface area contributed by atoms with Crippen molar-refractivity contribution in [2.75, 3.05) is 49.2 Å². The summed E-state index contributed by atoms with van der Waals surface area (Å²) >= 11 is 0. The Labute approximate surface area is 114 Å². The van der Waals surface area contributed by atoms with E-state index in [0.29, 0.717) is 0 Å². The predicted octanol–water partition coefficient (Wildman–Crippen LogP) is 1.55. The zero-order valence-corrected chi connectivity index (χ0v) is 11.6. The molecule has 3 heterocycles. The molecule has 5 nitrogen and oxygen atoms in total. The Morgan fingerprint density at radius 3 is 2.21 bits per heavy atom. The first-order valence-electron chi connectivity index (χ1n) is 7.22. The topological polar surface area (TPSA) is 41.5 Å². The number of nitrogens with zero attached hydrogens (tertiary/aromatic N) is 4. The van der Waals surface area contributed by atoms with Crippen LogP contribution >= 0.6 is 0 Å². The average molecular weight is 262 g/mol. The predicted molar refractivity (Wildman–Crippen MR) is 75.7 cm³/mol. The minimum absolute atomic E-state index is 0.792. The highest BCUT2D eigenvalue weighted by atomic mass is 16.5. The van der Waals surface area contributed by atoms with Gasteiger partial charge in [0.2, 0.25) is 0 Å². The van der Waals surface area contributed by atoms with Gasteiger partial charge in [0.25, 0.3) is 0 Å². The van der Waals surface area contributed by atoms with Crippen LogP contribution in [0.1, 0.15) is 19.8 Å². The van der Waals surface area contributed by atoms with Gasteiger partial charge in [-0.3, -0.25) is 0 Å². The Morgan fingerprint density at radius 2 is 1.58 bits per heavy atom. The molecule has 2 saturated heterocycles. The maximum atomic E-state index is 5.38. The normalized spacial score (nSPS) is 21.7. The van der Waals surface area contributed by atoms with E-state index in [1.165, 1.54) is 12.8 Å². The summed E-state index contributed by atoms with van der Waals surface area (Å²) in [5.74, 6) is 2.95. The van der Waals surface area contributed by atoms with E-state index >= 15 is 0 Å². The van der Waals surface area contributed by atoms with E-state index in [0.717, 1.165) is 56.9 Å². The van der Waals surface area contributed by atoms with Crippen LogP contribution in [0, 0.1) is 5.92 Å². The summed E-state index contributed by atoms with van der Waals surface area (Å²) in [7, 11) is 0. The van der Waals surface area contributed by atoms with E-state index in [2.05, 4.69) is 32.8 Å². The second-order valence-electron chi connectivity index (χ2n) is 5.50. The van der Waals surface area contributed by atoms with E-state index in [-0.39, 0.29) is 0 Å². The van der Waals surface area contributed by atoms with Gasteiger partial charge in [-0.25, -0.2) is 9.97 Å². The second kappa shape index (κ2) is 5.74. The van der Waals surface area contributed by atoms with Crippen molar-refractivity contribution < 1.29 is 4.74 Å². The zero-order chi connectivity index (χ0) is 13.1. The molecule has 104 valence electrons. The summed E-state index contributed by atoms with van der Waals surface area (Å²) in [6.45, 7) is 7.99. The minimum Gasteiger partial charge on any atom is -0.378 e. The molecule has 0 amide bonds. The van der Waals surface area contributed by atoms with Crippen molar-refractivity contribution in [2.45, 2.75) is 19.8 Å². The van der Waals surface area contributed by atoms with Crippen LogP contribution in [0.25, 0.3) is 0 Å². The van der Waals surface area contributed by atoms with Gasteiger partial charge in [-0.2, -0.15) is 0 Å². The molecule has 0 atom stereocenters. The van der Waals surface area contributed by atoms with Crippen molar-refractivity contribution in [1.82, 2.24) is 9.97 Å². The van der Waals surface area contributed by atoms with Crippen LogP contribution in [-0.2, 0) is 4.74 Å². The Morgan fingerprint density at radius 1 is 1.00 bits per heavy atom. The van der Waals surface area contributed by atoms with Gasteiger partial charge in [-0.05, 0) is 18.8 Å². The van der Waals surface area contributed by atoms with Crippen molar-refractivity contribution in [3.05, 3.63) is 12.4 Å². The van der Waals surface area contributed by atoms with Gasteiger partial charge in [0.15, 0.2) is 0 Å². The van der Waals surface area contributed by atoms with Gasteiger partial charge in [0.05, 0.1) is 13.2 Å². The van der Waals surface area contributed by atoms with E-state index in [1.54, 1.807) is 6.33 Å². The molecule has 0 unspecified atom stereocenters. The summed E-state index contributed by atoms with van der Waals surface area (Å²) in [4.78, 5) is 13.5. The van der Waals surface area contributed by atoms with E-state index in [4.69, 9.17) is 4.74 Å². The molecule has 2 aliphatic heterocycles. The molecule has 0 radical (unpaired) electrons. The number of piperidine rings is 1. The Balaban J connectivity index is 1.72. The quantitative estimate of drug-likeness (QED) is 0.809. The van der Waals surface area contributed by atoms with E-state index < -0.39 is 0 Å². The fraction of sp³-hybridized carbons (Fsp3) is 0.714. The number of ether oxygens (including phenoxy) is 1. The van der Waals surface area contributed by atoms with Crippen LogP contribution < -0.4 is 9.80 Å². The van der Waals surface area contributed by atoms with Crippen LogP contribution in [0.5, 0.6) is 0 Å². The highest BCUT2D eigenvalue weighted by Crippen LogP contribution is 2.23. The molecule has 0 saturated carbocycles. The van der Waals surface area contributed by atoms with Gasteiger partial charge in [0, 0.05) is 32.2 Å². The summed E-state index contributed by atoms with van der Waals surface area (Å²) in [5.41, 5.74) is 0. The smallest absolute Gasteiger partial charge is 0.134 e. The molecule has 0 bridgehead atoms. The third-order valence-corrected chi connectivity index (χ3v) is 4.08. The van der Waals surface area contributed by atoms with Crippen molar-refractivity contribution in [3.63, 3.8) is 0 Å². The first-order valence-corrected chi connectivity index (χ1v) is 7.22. The van der Waals surface area contributed by atoms with Gasteiger partial charge < -0.3 is 14.5 Å². The zero-order valence-electron chi connectivity index (χ0n) is 11.6. The number of hydrogen-bond donors (Lipinski definition) is 0. The standard InChI is InChI=1S/C14H22N4O/c1-12-2-4-17(5-3-12)13-10-14(16-11-15-13)18-6-8-19-9-7-18/h10-12H,2-9H2,1H3. The molecule has 1 aromatic heterocycles. The van der Waals surface area contributed by atoms with Gasteiger partial charge in [0.1, 0.15) is 18.0 Å². The fourth-order valence-electron chi connectivity index (χ4n) is 2.71. The van der Waals surface area contributed by atoms with Crippen molar-refractivity contribution in [2.24, 2.45) is 5.92 Å². The largest absolute Gasteiger partial charge is 0.378 e. The Hall–Kier alpha value is -1.36. The maximum absolute atomic E-state index is 5.38. The molecule has 0 aliphatic carbocycles. The highest BCUT2D eigenvalue weighted by molar-refractivity contribution is 5.50. The Kier molecular flexibility index (Phi) is 3.82. The third kappa shape index (κ3) is 2.97. The molecular weight excluding hydrogens is 240 g/mol. The summed E-state index contributed by atoms with van der Waals surface area (Å²) < 4.78 is 5.38. The number of aromatic nitrogens is 2. The molecule has 2 aliphatic rings. The highest BCUT2D eigenvalue weighted by Gasteiger charge is 2.19. The molecule has 3 rings (SSSR count). The lowest BCUT2D eigenvalue weighted by atomic mass is 9.99. The maximum Gasteiger partial charge on any atom is 0.134 e. The van der Waals surface area contributed by atoms with Gasteiger partial charge in [-0.15, -0.1) is 0 Å². The summed E-state index contributed by atoms with van der Waals surface area (Å²) in [6.07, 6.45) is 4.21. The summed E-state index contributed by atoms with van der Waals surface area (Å²) in [5, 5.41) is 0. The average Bonchev–Trinajstić information content (AvgIpc) is 2.49. The molecule has 19 heavy (non-hydrogen) atoms. The monoisotopic (exact) mass is 262 g/mol. The first-order chi connectivity index (χ1) is 9.33. The third-order valence-electron chi connectivity index (χ3n) is 4.08. The molecule has 5 heteroatoms. The summed E-state index contributed by atoms with van der Waals surface area (Å²) in [6, 6.07) is 2.13. The molecule has 0 spiro atoms. The molecule has 2 fully saturated rings. The molecule has 0 N–H and O–H groups in total. The van der Waals surface area contributed by atoms with Crippen LogP contribution in [0.4, 0.5) is 11.6 Å². The van der Waals surface area contributed by atoms with Crippen LogP contribution in [0.15, 0.2) is 12.4 Å². The van der Waals surface area contributed by atoms with E-state index in [1.807, 2.05) is 0 Å². The fourth-order valence-corrected chi connectivity index (χ4v) is 2.71. The van der Waals surface area contributed by atoms with Crippen LogP contribution in [-0.4, -0.2) is 49.4 Å². The van der Waals surface area contributed by atoms with Crippen LogP contribution in [0.3, 0.4) is 0 Å². The number of hydrogen-bond acceptors (Lipinski definition) is 5. The van der Waals surface area contributed by atoms with Crippen LogP contribution in [0.2, 0.25) is 0 Å². The molecular formula is C14H22N4O. The SMILES string of the molecule is CC1CCN(c2cc(N3CCOCC3)ncn2)CC1. The lowest BCUT2D eigenvalue weighted by Gasteiger charge is -2.32. The van der Waals surface area contributed by atoms with Crippen molar-refractivity contribution in [1.29, 1.82) is 0 Å². The number of rotatable bonds is 2. The first kappa shape index (κ1) is 12.7.